The number of carbonyl (C=O) groups is 1. The number of carbonyl (C=O) groups excluding carboxylic acids is 1. The van der Waals surface area contributed by atoms with E-state index in [0.717, 1.165) is 13.0 Å². The Labute approximate surface area is 282 Å². The van der Waals surface area contributed by atoms with Gasteiger partial charge >= 0.3 is 5.97 Å². The van der Waals surface area contributed by atoms with Crippen molar-refractivity contribution in [3.8, 4) is 0 Å². The van der Waals surface area contributed by atoms with E-state index in [-0.39, 0.29) is 6.61 Å². The second-order valence-corrected chi connectivity index (χ2v) is 9.68. The maximum atomic E-state index is 10.9. The van der Waals surface area contributed by atoms with E-state index in [1.807, 2.05) is 0 Å². The van der Waals surface area contributed by atoms with E-state index in [0.29, 0.717) is 159 Å². The molecule has 15 nitrogen and oxygen atoms in total. The minimum absolute atomic E-state index is 0.0705. The van der Waals surface area contributed by atoms with Gasteiger partial charge < -0.3 is 66.3 Å². The van der Waals surface area contributed by atoms with Gasteiger partial charge in [-0.2, -0.15) is 0 Å². The Hall–Kier alpha value is -1.05. The van der Waals surface area contributed by atoms with Gasteiger partial charge in [0.15, 0.2) is 0 Å². The van der Waals surface area contributed by atoms with Gasteiger partial charge in [-0.25, -0.2) is 4.79 Å². The summed E-state index contributed by atoms with van der Waals surface area (Å²) in [5.74, 6) is -0.408. The standard InChI is InChI=1S/C32H64O15/c1-3-4-5-6-35-7-8-36-9-10-37-11-12-38-13-14-39-15-16-40-17-18-41-19-20-42-21-22-43-23-24-44-25-26-45-27-28-46-29-30-47-31-32(33)34-2/h3-31H2,1-2H3. The highest BCUT2D eigenvalue weighted by Crippen LogP contribution is 1.94. The lowest BCUT2D eigenvalue weighted by Crippen LogP contribution is -2.16. The highest BCUT2D eigenvalue weighted by molar-refractivity contribution is 5.70. The maximum Gasteiger partial charge on any atom is 0.331 e. The Balaban J connectivity index is 3.05. The fourth-order valence-electron chi connectivity index (χ4n) is 3.31. The van der Waals surface area contributed by atoms with Gasteiger partial charge in [0.05, 0.1) is 166 Å². The molecule has 0 aromatic heterocycles. The lowest BCUT2D eigenvalue weighted by molar-refractivity contribution is -0.146. The van der Waals surface area contributed by atoms with Crippen LogP contribution in [0.4, 0.5) is 0 Å². The van der Waals surface area contributed by atoms with Crippen molar-refractivity contribution in [3.63, 3.8) is 0 Å². The molecule has 0 aliphatic rings. The molecule has 0 N–H and O–H groups in total. The van der Waals surface area contributed by atoms with Crippen LogP contribution < -0.4 is 0 Å². The molecule has 0 radical (unpaired) electrons. The van der Waals surface area contributed by atoms with E-state index >= 15 is 0 Å². The molecule has 0 fully saturated rings. The zero-order valence-corrected chi connectivity index (χ0v) is 29.1. The molecular formula is C32H64O15. The summed E-state index contributed by atoms with van der Waals surface area (Å²) in [5.41, 5.74) is 0. The van der Waals surface area contributed by atoms with Crippen molar-refractivity contribution in [2.45, 2.75) is 26.2 Å². The predicted molar refractivity (Wildman–Crippen MR) is 172 cm³/mol. The third kappa shape index (κ3) is 42.9. The van der Waals surface area contributed by atoms with E-state index in [1.165, 1.54) is 20.0 Å². The number of hydrogen-bond acceptors (Lipinski definition) is 15. The van der Waals surface area contributed by atoms with Crippen LogP contribution in [-0.2, 0) is 71.1 Å². The van der Waals surface area contributed by atoms with Gasteiger partial charge in [-0.05, 0) is 6.42 Å². The molecule has 0 spiro atoms. The van der Waals surface area contributed by atoms with E-state index in [4.69, 9.17) is 61.6 Å². The Kier molecular flexibility index (Phi) is 42.0. The number of unbranched alkanes of at least 4 members (excludes halogenated alkanes) is 2. The van der Waals surface area contributed by atoms with Crippen LogP contribution in [0.3, 0.4) is 0 Å². The Morgan fingerprint density at radius 1 is 0.319 bits per heavy atom. The van der Waals surface area contributed by atoms with Crippen LogP contribution in [0.25, 0.3) is 0 Å². The molecule has 0 saturated carbocycles. The van der Waals surface area contributed by atoms with Gasteiger partial charge in [-0.3, -0.25) is 0 Å². The first-order chi connectivity index (χ1) is 23.3. The highest BCUT2D eigenvalue weighted by Gasteiger charge is 1.99. The van der Waals surface area contributed by atoms with E-state index in [2.05, 4.69) is 11.7 Å². The second kappa shape index (κ2) is 43.0. The van der Waals surface area contributed by atoms with Crippen molar-refractivity contribution in [3.05, 3.63) is 0 Å². The normalized spacial score (nSPS) is 11.4. The van der Waals surface area contributed by atoms with E-state index in [9.17, 15) is 4.79 Å². The summed E-state index contributed by atoms with van der Waals surface area (Å²) in [6.07, 6.45) is 3.53. The number of rotatable bonds is 42. The van der Waals surface area contributed by atoms with Gasteiger partial charge in [-0.1, -0.05) is 19.8 Å². The van der Waals surface area contributed by atoms with Crippen molar-refractivity contribution in [2.75, 3.05) is 179 Å². The number of hydrogen-bond donors (Lipinski definition) is 0. The first-order valence-electron chi connectivity index (χ1n) is 16.9. The molecule has 0 unspecified atom stereocenters. The minimum atomic E-state index is -0.408. The monoisotopic (exact) mass is 688 g/mol. The summed E-state index contributed by atoms with van der Waals surface area (Å²) in [6.45, 7) is 14.9. The number of esters is 1. The molecule has 0 aliphatic heterocycles. The van der Waals surface area contributed by atoms with Crippen LogP contribution >= 0.6 is 0 Å². The Bertz CT molecular complexity index is 589. The van der Waals surface area contributed by atoms with Crippen LogP contribution in [0.15, 0.2) is 0 Å². The van der Waals surface area contributed by atoms with Gasteiger partial charge in [0.1, 0.15) is 6.61 Å². The summed E-state index contributed by atoms with van der Waals surface area (Å²) in [5, 5.41) is 0. The van der Waals surface area contributed by atoms with Gasteiger partial charge in [0, 0.05) is 6.61 Å². The Morgan fingerprint density at radius 2 is 0.532 bits per heavy atom. The number of ether oxygens (including phenoxy) is 14. The third-order valence-electron chi connectivity index (χ3n) is 5.80. The van der Waals surface area contributed by atoms with Crippen LogP contribution in [0.1, 0.15) is 26.2 Å². The summed E-state index contributed by atoms with van der Waals surface area (Å²) in [6, 6.07) is 0. The average Bonchev–Trinajstić information content (AvgIpc) is 3.08. The minimum Gasteiger partial charge on any atom is -0.467 e. The molecule has 0 atom stereocenters. The molecule has 0 amide bonds. The molecule has 0 bridgehead atoms. The van der Waals surface area contributed by atoms with Crippen molar-refractivity contribution in [2.24, 2.45) is 0 Å². The quantitative estimate of drug-likeness (QED) is 0.0675. The smallest absolute Gasteiger partial charge is 0.331 e. The molecule has 47 heavy (non-hydrogen) atoms. The molecule has 0 saturated heterocycles. The van der Waals surface area contributed by atoms with Crippen molar-refractivity contribution < 1.29 is 71.1 Å². The highest BCUT2D eigenvalue weighted by atomic mass is 16.6. The van der Waals surface area contributed by atoms with Crippen molar-refractivity contribution >= 4 is 5.97 Å². The largest absolute Gasteiger partial charge is 0.467 e. The first-order valence-corrected chi connectivity index (χ1v) is 16.9. The molecule has 15 heteroatoms. The summed E-state index contributed by atoms with van der Waals surface area (Å²) < 4.78 is 74.9. The molecule has 0 aromatic carbocycles. The number of methoxy groups -OCH3 is 1. The lowest BCUT2D eigenvalue weighted by Gasteiger charge is -2.09. The third-order valence-corrected chi connectivity index (χ3v) is 5.80. The molecule has 0 heterocycles. The zero-order valence-electron chi connectivity index (χ0n) is 29.1. The van der Waals surface area contributed by atoms with Gasteiger partial charge in [0.25, 0.3) is 0 Å². The molecule has 0 rings (SSSR count). The van der Waals surface area contributed by atoms with Crippen molar-refractivity contribution in [1.29, 1.82) is 0 Å². The van der Waals surface area contributed by atoms with Crippen molar-refractivity contribution in [1.82, 2.24) is 0 Å². The second-order valence-electron chi connectivity index (χ2n) is 9.68. The molecule has 282 valence electrons. The molecular weight excluding hydrogens is 624 g/mol. The summed E-state index contributed by atoms with van der Waals surface area (Å²) in [7, 11) is 1.32. The molecule has 0 aromatic rings. The van der Waals surface area contributed by atoms with Gasteiger partial charge in [-0.15, -0.1) is 0 Å². The first kappa shape index (κ1) is 46.0. The summed E-state index contributed by atoms with van der Waals surface area (Å²) >= 11 is 0. The zero-order chi connectivity index (χ0) is 34.0. The maximum absolute atomic E-state index is 10.9. The molecule has 0 aliphatic carbocycles. The summed E-state index contributed by atoms with van der Waals surface area (Å²) in [4.78, 5) is 10.9. The lowest BCUT2D eigenvalue weighted by atomic mass is 10.3. The van der Waals surface area contributed by atoms with Crippen LogP contribution in [-0.4, -0.2) is 185 Å². The fraction of sp³-hybridized carbons (Fsp3) is 0.969. The van der Waals surface area contributed by atoms with E-state index < -0.39 is 5.97 Å². The Morgan fingerprint density at radius 3 is 0.745 bits per heavy atom. The van der Waals surface area contributed by atoms with Crippen LogP contribution in [0, 0.1) is 0 Å². The van der Waals surface area contributed by atoms with Crippen LogP contribution in [0.5, 0.6) is 0 Å². The topological polar surface area (TPSA) is 146 Å². The van der Waals surface area contributed by atoms with E-state index in [1.54, 1.807) is 0 Å². The van der Waals surface area contributed by atoms with Crippen LogP contribution in [0.2, 0.25) is 0 Å². The predicted octanol–water partition coefficient (Wildman–Crippen LogP) is 1.57. The van der Waals surface area contributed by atoms with Gasteiger partial charge in [0.2, 0.25) is 0 Å². The fourth-order valence-corrected chi connectivity index (χ4v) is 3.31. The SMILES string of the molecule is CCCCCOCCOCCOCCOCCOCCOCCOCCOCCOCCOCCOCCOCCOCC(=O)OC. The average molecular weight is 689 g/mol.